The fourth-order valence-corrected chi connectivity index (χ4v) is 2.39. The lowest BCUT2D eigenvalue weighted by Gasteiger charge is -2.23. The van der Waals surface area contributed by atoms with Crippen molar-refractivity contribution in [2.75, 3.05) is 7.11 Å². The lowest BCUT2D eigenvalue weighted by Crippen LogP contribution is -2.34. The molecule has 5 heteroatoms. The highest BCUT2D eigenvalue weighted by Gasteiger charge is 2.21. The molecule has 1 aromatic carbocycles. The molecule has 0 aliphatic carbocycles. The van der Waals surface area contributed by atoms with Crippen molar-refractivity contribution in [3.05, 3.63) is 30.0 Å². The second-order valence-corrected chi connectivity index (χ2v) is 6.26. The summed E-state index contributed by atoms with van der Waals surface area (Å²) in [6.07, 6.45) is 2.29. The first-order valence-corrected chi connectivity index (χ1v) is 7.48. The van der Waals surface area contributed by atoms with E-state index in [4.69, 9.17) is 9.47 Å². The monoisotopic (exact) mass is 304 g/mol. The number of aromatic nitrogens is 1. The summed E-state index contributed by atoms with van der Waals surface area (Å²) in [6.45, 7) is 7.58. The first kappa shape index (κ1) is 16.2. The number of carbonyl (C=O) groups excluding carboxylic acids is 1. The smallest absolute Gasteiger partial charge is 0.408 e. The topological polar surface area (TPSA) is 63.3 Å². The maximum Gasteiger partial charge on any atom is 0.408 e. The molecule has 2 N–H and O–H groups in total. The molecule has 120 valence electrons. The van der Waals surface area contributed by atoms with Crippen LogP contribution >= 0.6 is 0 Å². The van der Waals surface area contributed by atoms with Gasteiger partial charge in [-0.25, -0.2) is 4.79 Å². The molecule has 1 heterocycles. The molecule has 22 heavy (non-hydrogen) atoms. The first-order valence-electron chi connectivity index (χ1n) is 7.48. The lowest BCUT2D eigenvalue weighted by atomic mass is 10.0. The van der Waals surface area contributed by atoms with E-state index >= 15 is 0 Å². The normalized spacial score (nSPS) is 13.0. The molecule has 0 saturated heterocycles. The Morgan fingerprint density at radius 3 is 2.68 bits per heavy atom. The number of alkyl carbamates (subject to hydrolysis) is 1. The van der Waals surface area contributed by atoms with E-state index in [0.717, 1.165) is 28.6 Å². The van der Waals surface area contributed by atoms with Gasteiger partial charge in [0.25, 0.3) is 0 Å². The molecule has 0 fully saturated rings. The highest BCUT2D eigenvalue weighted by Crippen LogP contribution is 2.29. The van der Waals surface area contributed by atoms with Crippen LogP contribution in [0.2, 0.25) is 0 Å². The highest BCUT2D eigenvalue weighted by atomic mass is 16.6. The quantitative estimate of drug-likeness (QED) is 0.891. The van der Waals surface area contributed by atoms with Crippen LogP contribution in [-0.2, 0) is 4.74 Å². The van der Waals surface area contributed by atoms with Crippen LogP contribution in [0.5, 0.6) is 5.75 Å². The number of hydrogen-bond donors (Lipinski definition) is 2. The Labute approximate surface area is 131 Å². The van der Waals surface area contributed by atoms with E-state index in [-0.39, 0.29) is 6.04 Å². The third kappa shape index (κ3) is 3.72. The van der Waals surface area contributed by atoms with Crippen molar-refractivity contribution in [2.24, 2.45) is 0 Å². The van der Waals surface area contributed by atoms with Crippen LogP contribution in [0.3, 0.4) is 0 Å². The summed E-state index contributed by atoms with van der Waals surface area (Å²) >= 11 is 0. The zero-order valence-corrected chi connectivity index (χ0v) is 13.8. The maximum atomic E-state index is 12.0. The van der Waals surface area contributed by atoms with Gasteiger partial charge in [0.05, 0.1) is 13.2 Å². The summed E-state index contributed by atoms with van der Waals surface area (Å²) in [4.78, 5) is 15.2. The molecule has 1 aromatic heterocycles. The standard InChI is InChI=1S/C17H24N2O3/c1-6-14(19-16(20)22-17(2,3)4)13-10-18-15-8-7-11(21-5)9-12(13)15/h7-10,14,18H,6H2,1-5H3,(H,19,20). The number of aromatic amines is 1. The Kier molecular flexibility index (Phi) is 4.64. The van der Waals surface area contributed by atoms with Crippen molar-refractivity contribution in [1.29, 1.82) is 0 Å². The third-order valence-corrected chi connectivity index (χ3v) is 3.40. The molecule has 0 saturated carbocycles. The van der Waals surface area contributed by atoms with Crippen LogP contribution in [0.1, 0.15) is 45.7 Å². The van der Waals surface area contributed by atoms with Gasteiger partial charge in [-0.3, -0.25) is 0 Å². The molecule has 5 nitrogen and oxygen atoms in total. The Balaban J connectivity index is 2.25. The number of rotatable bonds is 4. The Morgan fingerprint density at radius 1 is 1.36 bits per heavy atom. The Bertz CT molecular complexity index is 655. The number of fused-ring (bicyclic) bond motifs is 1. The van der Waals surface area contributed by atoms with Gasteiger partial charge < -0.3 is 19.8 Å². The second-order valence-electron chi connectivity index (χ2n) is 6.26. The summed E-state index contributed by atoms with van der Waals surface area (Å²) in [7, 11) is 1.64. The second kappa shape index (κ2) is 6.30. The number of methoxy groups -OCH3 is 1. The van der Waals surface area contributed by atoms with E-state index in [1.807, 2.05) is 52.1 Å². The minimum Gasteiger partial charge on any atom is -0.497 e. The van der Waals surface area contributed by atoms with Crippen molar-refractivity contribution >= 4 is 17.0 Å². The number of H-pyrrole nitrogens is 1. The molecule has 2 aromatic rings. The number of benzene rings is 1. The SMILES string of the molecule is CCC(NC(=O)OC(C)(C)C)c1c[nH]c2ccc(OC)cc12. The van der Waals surface area contributed by atoms with E-state index in [0.29, 0.717) is 0 Å². The molecule has 1 unspecified atom stereocenters. The maximum absolute atomic E-state index is 12.0. The fourth-order valence-electron chi connectivity index (χ4n) is 2.39. The minimum absolute atomic E-state index is 0.115. The molecule has 1 amide bonds. The van der Waals surface area contributed by atoms with Crippen molar-refractivity contribution in [1.82, 2.24) is 10.3 Å². The van der Waals surface area contributed by atoms with Crippen molar-refractivity contribution in [3.63, 3.8) is 0 Å². The zero-order valence-electron chi connectivity index (χ0n) is 13.8. The van der Waals surface area contributed by atoms with Crippen LogP contribution in [0.4, 0.5) is 4.79 Å². The summed E-state index contributed by atoms with van der Waals surface area (Å²) in [6, 6.07) is 5.74. The predicted molar refractivity (Wildman–Crippen MR) is 87.3 cm³/mol. The van der Waals surface area contributed by atoms with Gasteiger partial charge in [-0.15, -0.1) is 0 Å². The summed E-state index contributed by atoms with van der Waals surface area (Å²) in [5, 5.41) is 3.98. The molecule has 2 rings (SSSR count). The van der Waals surface area contributed by atoms with Gasteiger partial charge in [0.15, 0.2) is 0 Å². The summed E-state index contributed by atoms with van der Waals surface area (Å²) in [5.41, 5.74) is 1.54. The molecule has 1 atom stereocenters. The van der Waals surface area contributed by atoms with Crippen molar-refractivity contribution < 1.29 is 14.3 Å². The van der Waals surface area contributed by atoms with E-state index < -0.39 is 11.7 Å². The number of amides is 1. The van der Waals surface area contributed by atoms with E-state index in [1.165, 1.54) is 0 Å². The number of carbonyl (C=O) groups is 1. The number of ether oxygens (including phenoxy) is 2. The Morgan fingerprint density at radius 2 is 2.09 bits per heavy atom. The van der Waals surface area contributed by atoms with Crippen LogP contribution in [0, 0.1) is 0 Å². The van der Waals surface area contributed by atoms with E-state index in [2.05, 4.69) is 10.3 Å². The van der Waals surface area contributed by atoms with Gasteiger partial charge in [-0.2, -0.15) is 0 Å². The first-order chi connectivity index (χ1) is 10.3. The molecule has 0 aliphatic heterocycles. The molecular weight excluding hydrogens is 280 g/mol. The van der Waals surface area contributed by atoms with Crippen LogP contribution in [0.25, 0.3) is 10.9 Å². The fraction of sp³-hybridized carbons (Fsp3) is 0.471. The van der Waals surface area contributed by atoms with Crippen LogP contribution in [-0.4, -0.2) is 23.8 Å². The van der Waals surface area contributed by atoms with Gasteiger partial charge >= 0.3 is 6.09 Å². The molecular formula is C17H24N2O3. The molecule has 0 bridgehead atoms. The van der Waals surface area contributed by atoms with E-state index in [9.17, 15) is 4.79 Å². The molecule has 0 radical (unpaired) electrons. The van der Waals surface area contributed by atoms with Crippen LogP contribution < -0.4 is 10.1 Å². The summed E-state index contributed by atoms with van der Waals surface area (Å²) in [5.74, 6) is 0.792. The average molecular weight is 304 g/mol. The van der Waals surface area contributed by atoms with Crippen LogP contribution in [0.15, 0.2) is 24.4 Å². The Hall–Kier alpha value is -2.17. The van der Waals surface area contributed by atoms with Gasteiger partial charge in [0, 0.05) is 17.1 Å². The molecule has 0 spiro atoms. The molecule has 0 aliphatic rings. The minimum atomic E-state index is -0.508. The van der Waals surface area contributed by atoms with Crippen molar-refractivity contribution in [3.8, 4) is 5.75 Å². The van der Waals surface area contributed by atoms with Gasteiger partial charge in [0.2, 0.25) is 0 Å². The summed E-state index contributed by atoms with van der Waals surface area (Å²) < 4.78 is 10.6. The largest absolute Gasteiger partial charge is 0.497 e. The van der Waals surface area contributed by atoms with E-state index in [1.54, 1.807) is 7.11 Å². The highest BCUT2D eigenvalue weighted by molar-refractivity contribution is 5.85. The number of hydrogen-bond acceptors (Lipinski definition) is 3. The zero-order chi connectivity index (χ0) is 16.3. The van der Waals surface area contributed by atoms with Gasteiger partial charge in [0.1, 0.15) is 11.4 Å². The average Bonchev–Trinajstić information content (AvgIpc) is 2.85. The van der Waals surface area contributed by atoms with Crippen molar-refractivity contribution in [2.45, 2.75) is 45.8 Å². The number of nitrogens with one attached hydrogen (secondary N) is 2. The third-order valence-electron chi connectivity index (χ3n) is 3.40. The van der Waals surface area contributed by atoms with Gasteiger partial charge in [-0.1, -0.05) is 6.92 Å². The predicted octanol–water partition coefficient (Wildman–Crippen LogP) is 4.15. The lowest BCUT2D eigenvalue weighted by molar-refractivity contribution is 0.0502. The van der Waals surface area contributed by atoms with Gasteiger partial charge in [-0.05, 0) is 51.0 Å².